The average molecular weight is 236 g/mol. The van der Waals surface area contributed by atoms with E-state index in [9.17, 15) is 4.79 Å². The highest BCUT2D eigenvalue weighted by molar-refractivity contribution is 5.89. The van der Waals surface area contributed by atoms with Crippen LogP contribution in [0.2, 0.25) is 0 Å². The van der Waals surface area contributed by atoms with E-state index in [1.807, 2.05) is 0 Å². The van der Waals surface area contributed by atoms with Gasteiger partial charge >= 0.3 is 0 Å². The average Bonchev–Trinajstić information content (AvgIpc) is 2.92. The second-order valence-corrected chi connectivity index (χ2v) is 6.23. The monoisotopic (exact) mass is 236 g/mol. The zero-order chi connectivity index (χ0) is 11.9. The first-order chi connectivity index (χ1) is 8.23. The molecule has 0 aromatic heterocycles. The number of hydrogen-bond acceptors (Lipinski definition) is 2. The minimum Gasteiger partial charge on any atom is -0.325 e. The van der Waals surface area contributed by atoms with Crippen LogP contribution in [0.15, 0.2) is 0 Å². The van der Waals surface area contributed by atoms with Crippen molar-refractivity contribution in [3.05, 3.63) is 0 Å². The van der Waals surface area contributed by atoms with E-state index in [0.29, 0.717) is 17.9 Å². The number of carbonyl (C=O) groups is 1. The van der Waals surface area contributed by atoms with Crippen LogP contribution in [0, 0.1) is 5.92 Å². The van der Waals surface area contributed by atoms with Crippen LogP contribution in [0.5, 0.6) is 0 Å². The first-order valence-corrected chi connectivity index (χ1v) is 7.29. The minimum atomic E-state index is -0.156. The fourth-order valence-corrected chi connectivity index (χ4v) is 4.06. The molecule has 1 aliphatic heterocycles. The van der Waals surface area contributed by atoms with Gasteiger partial charge in [-0.25, -0.2) is 0 Å². The Kier molecular flexibility index (Phi) is 2.89. The molecule has 3 nitrogen and oxygen atoms in total. The minimum absolute atomic E-state index is 0.156. The van der Waals surface area contributed by atoms with E-state index in [2.05, 4.69) is 17.1 Å². The lowest BCUT2D eigenvalue weighted by atomic mass is 9.84. The van der Waals surface area contributed by atoms with Crippen LogP contribution in [0.1, 0.15) is 58.3 Å². The Morgan fingerprint density at radius 2 is 1.88 bits per heavy atom. The first-order valence-electron chi connectivity index (χ1n) is 7.29. The third kappa shape index (κ3) is 1.79. The summed E-state index contributed by atoms with van der Waals surface area (Å²) in [6.07, 6.45) is 9.70. The second kappa shape index (κ2) is 4.27. The van der Waals surface area contributed by atoms with Crippen LogP contribution < -0.4 is 5.32 Å². The van der Waals surface area contributed by atoms with E-state index in [1.165, 1.54) is 38.5 Å². The lowest BCUT2D eigenvalue weighted by molar-refractivity contribution is -0.135. The Bertz CT molecular complexity index is 309. The predicted octanol–water partition coefficient (Wildman–Crippen LogP) is 2.27. The molecule has 1 heterocycles. The molecule has 0 radical (unpaired) electrons. The lowest BCUT2D eigenvalue weighted by Crippen LogP contribution is -2.47. The maximum absolute atomic E-state index is 12.6. The van der Waals surface area contributed by atoms with Crippen LogP contribution in [0.25, 0.3) is 0 Å². The maximum Gasteiger partial charge on any atom is 0.244 e. The molecule has 3 rings (SSSR count). The molecule has 2 unspecified atom stereocenters. The van der Waals surface area contributed by atoms with E-state index in [0.717, 1.165) is 19.5 Å². The Labute approximate surface area is 104 Å². The zero-order valence-corrected chi connectivity index (χ0v) is 10.9. The van der Waals surface area contributed by atoms with Gasteiger partial charge in [-0.1, -0.05) is 32.6 Å². The number of nitrogens with zero attached hydrogens (tertiary/aromatic N) is 1. The van der Waals surface area contributed by atoms with Crippen LogP contribution in [0.3, 0.4) is 0 Å². The molecular formula is C14H24N2O. The zero-order valence-electron chi connectivity index (χ0n) is 10.9. The predicted molar refractivity (Wildman–Crippen MR) is 67.5 cm³/mol. The van der Waals surface area contributed by atoms with Gasteiger partial charge < -0.3 is 4.90 Å². The molecule has 0 aromatic carbocycles. The van der Waals surface area contributed by atoms with Crippen LogP contribution in [0.4, 0.5) is 0 Å². The van der Waals surface area contributed by atoms with Gasteiger partial charge in [0.2, 0.25) is 5.91 Å². The molecule has 96 valence electrons. The number of nitrogens with one attached hydrogen (secondary N) is 1. The van der Waals surface area contributed by atoms with Crippen molar-refractivity contribution in [3.63, 3.8) is 0 Å². The van der Waals surface area contributed by atoms with E-state index in [1.54, 1.807) is 0 Å². The van der Waals surface area contributed by atoms with Crippen molar-refractivity contribution in [2.75, 3.05) is 6.67 Å². The second-order valence-electron chi connectivity index (χ2n) is 6.23. The van der Waals surface area contributed by atoms with Gasteiger partial charge in [-0.05, 0) is 31.6 Å². The quantitative estimate of drug-likeness (QED) is 0.757. The summed E-state index contributed by atoms with van der Waals surface area (Å²) in [6.45, 7) is 3.12. The number of amides is 1. The van der Waals surface area contributed by atoms with Crippen molar-refractivity contribution in [1.82, 2.24) is 10.2 Å². The van der Waals surface area contributed by atoms with Crippen molar-refractivity contribution in [1.29, 1.82) is 0 Å². The highest BCUT2D eigenvalue weighted by Crippen LogP contribution is 2.38. The molecule has 3 fully saturated rings. The van der Waals surface area contributed by atoms with Gasteiger partial charge in [0.15, 0.2) is 0 Å². The number of rotatable bonds is 1. The van der Waals surface area contributed by atoms with Gasteiger partial charge in [-0.3, -0.25) is 10.1 Å². The van der Waals surface area contributed by atoms with E-state index in [4.69, 9.17) is 0 Å². The van der Waals surface area contributed by atoms with Crippen LogP contribution in [-0.4, -0.2) is 29.1 Å². The molecule has 0 bridgehead atoms. The Balaban J connectivity index is 1.74. The van der Waals surface area contributed by atoms with Gasteiger partial charge in [0.1, 0.15) is 0 Å². The molecule has 2 atom stereocenters. The van der Waals surface area contributed by atoms with E-state index < -0.39 is 0 Å². The molecule has 3 aliphatic rings. The molecule has 1 N–H and O–H groups in total. The van der Waals surface area contributed by atoms with Crippen molar-refractivity contribution in [3.8, 4) is 0 Å². The first kappa shape index (κ1) is 11.5. The molecule has 1 saturated heterocycles. The third-order valence-electron chi connectivity index (χ3n) is 5.18. The van der Waals surface area contributed by atoms with Crippen LogP contribution in [-0.2, 0) is 4.79 Å². The molecule has 3 heteroatoms. The van der Waals surface area contributed by atoms with Crippen molar-refractivity contribution < 1.29 is 4.79 Å². The normalized spacial score (nSPS) is 37.0. The Morgan fingerprint density at radius 3 is 2.59 bits per heavy atom. The van der Waals surface area contributed by atoms with Crippen molar-refractivity contribution in [2.24, 2.45) is 5.92 Å². The number of hydrogen-bond donors (Lipinski definition) is 1. The summed E-state index contributed by atoms with van der Waals surface area (Å²) in [4.78, 5) is 14.8. The molecule has 1 amide bonds. The smallest absolute Gasteiger partial charge is 0.244 e. The summed E-state index contributed by atoms with van der Waals surface area (Å²) in [6, 6.07) is 0.503. The van der Waals surface area contributed by atoms with E-state index in [-0.39, 0.29) is 5.54 Å². The van der Waals surface area contributed by atoms with Gasteiger partial charge in [-0.2, -0.15) is 0 Å². The SMILES string of the molecule is CC1CCCCC1N1CNC2(CCCC2)C1=O. The topological polar surface area (TPSA) is 32.3 Å². The molecular weight excluding hydrogens is 212 g/mol. The fraction of sp³-hybridized carbons (Fsp3) is 0.929. The fourth-order valence-electron chi connectivity index (χ4n) is 4.06. The molecule has 2 aliphatic carbocycles. The summed E-state index contributed by atoms with van der Waals surface area (Å²) >= 11 is 0. The highest BCUT2D eigenvalue weighted by Gasteiger charge is 2.50. The summed E-state index contributed by atoms with van der Waals surface area (Å²) in [5.74, 6) is 1.10. The summed E-state index contributed by atoms with van der Waals surface area (Å²) in [5.41, 5.74) is -0.156. The van der Waals surface area contributed by atoms with Gasteiger partial charge in [0, 0.05) is 6.04 Å². The van der Waals surface area contributed by atoms with Gasteiger partial charge in [0.25, 0.3) is 0 Å². The standard InChI is InChI=1S/C14H24N2O/c1-11-6-2-3-7-12(11)16-10-15-14(13(16)17)8-4-5-9-14/h11-12,15H,2-10H2,1H3. The lowest BCUT2D eigenvalue weighted by Gasteiger charge is -2.36. The highest BCUT2D eigenvalue weighted by atomic mass is 16.2. The Morgan fingerprint density at radius 1 is 1.18 bits per heavy atom. The van der Waals surface area contributed by atoms with Crippen molar-refractivity contribution >= 4 is 5.91 Å². The third-order valence-corrected chi connectivity index (χ3v) is 5.18. The van der Waals surface area contributed by atoms with Crippen molar-refractivity contribution in [2.45, 2.75) is 69.9 Å². The Hall–Kier alpha value is -0.570. The molecule has 0 aromatic rings. The van der Waals surface area contributed by atoms with Crippen LogP contribution >= 0.6 is 0 Å². The molecule has 17 heavy (non-hydrogen) atoms. The maximum atomic E-state index is 12.6. The van der Waals surface area contributed by atoms with Gasteiger partial charge in [0.05, 0.1) is 12.2 Å². The van der Waals surface area contributed by atoms with Gasteiger partial charge in [-0.15, -0.1) is 0 Å². The summed E-state index contributed by atoms with van der Waals surface area (Å²) < 4.78 is 0. The summed E-state index contributed by atoms with van der Waals surface area (Å²) in [5, 5.41) is 3.53. The number of carbonyl (C=O) groups excluding carboxylic acids is 1. The van der Waals surface area contributed by atoms with E-state index >= 15 is 0 Å². The largest absolute Gasteiger partial charge is 0.325 e. The molecule has 2 saturated carbocycles. The molecule has 1 spiro atoms. The summed E-state index contributed by atoms with van der Waals surface area (Å²) in [7, 11) is 0.